The minimum Gasteiger partial charge on any atom is -0.379 e. The van der Waals surface area contributed by atoms with Gasteiger partial charge in [0.2, 0.25) is 17.8 Å². The van der Waals surface area contributed by atoms with E-state index in [1.165, 1.54) is 17.4 Å². The van der Waals surface area contributed by atoms with E-state index in [-0.39, 0.29) is 59.5 Å². The Kier molecular flexibility index (Phi) is 21.4. The van der Waals surface area contributed by atoms with Crippen molar-refractivity contribution >= 4 is 62.7 Å². The molecule has 0 unspecified atom stereocenters. The molecule has 1 aliphatic rings. The third-order valence-corrected chi connectivity index (χ3v) is 13.0. The highest BCUT2D eigenvalue weighted by Crippen LogP contribution is 2.31. The van der Waals surface area contributed by atoms with Gasteiger partial charge in [0.25, 0.3) is 5.91 Å². The highest BCUT2D eigenvalue weighted by atomic mass is 32.1. The number of rotatable bonds is 29. The number of thiazole rings is 1. The van der Waals surface area contributed by atoms with Gasteiger partial charge in [0.05, 0.1) is 108 Å². The molecule has 1 fully saturated rings. The summed E-state index contributed by atoms with van der Waals surface area (Å²) >= 11 is 1.40. The third kappa shape index (κ3) is 17.0. The van der Waals surface area contributed by atoms with E-state index in [2.05, 4.69) is 56.0 Å². The van der Waals surface area contributed by atoms with Gasteiger partial charge < -0.3 is 44.2 Å². The number of para-hydroxylation sites is 1. The Bertz CT molecular complexity index is 2810. The van der Waals surface area contributed by atoms with Crippen LogP contribution in [-0.2, 0) is 39.8 Å². The number of benzene rings is 2. The van der Waals surface area contributed by atoms with E-state index in [1.54, 1.807) is 42.6 Å². The molecule has 0 saturated carbocycles. The molecule has 0 aliphatic carbocycles. The van der Waals surface area contributed by atoms with Gasteiger partial charge >= 0.3 is 0 Å². The summed E-state index contributed by atoms with van der Waals surface area (Å²) < 4.78 is 59.8. The van der Waals surface area contributed by atoms with Crippen LogP contribution in [0.4, 0.5) is 31.4 Å². The van der Waals surface area contributed by atoms with Crippen LogP contribution in [0.1, 0.15) is 58.6 Å². The summed E-state index contributed by atoms with van der Waals surface area (Å²) in [5.74, 6) is -0.636. The summed E-state index contributed by atoms with van der Waals surface area (Å²) in [7, 11) is 0. The number of ether oxygens (including phenoxy) is 5. The van der Waals surface area contributed by atoms with Crippen LogP contribution in [0.3, 0.4) is 0 Å². The number of aryl methyl sites for hydroxylation is 3. The van der Waals surface area contributed by atoms with Gasteiger partial charge in [-0.15, -0.1) is 11.3 Å². The summed E-state index contributed by atoms with van der Waals surface area (Å²) in [4.78, 5) is 65.1. The average molecular weight is 1060 g/mol. The van der Waals surface area contributed by atoms with E-state index >= 15 is 8.78 Å². The molecule has 1 saturated heterocycles. The summed E-state index contributed by atoms with van der Waals surface area (Å²) in [6.45, 7) is 17.8. The molecule has 1 aliphatic heterocycles. The van der Waals surface area contributed by atoms with Gasteiger partial charge in [-0.2, -0.15) is 0 Å². The van der Waals surface area contributed by atoms with E-state index in [1.807, 2.05) is 45.3 Å². The number of halogens is 2. The lowest BCUT2D eigenvalue weighted by Crippen LogP contribution is -2.49. The monoisotopic (exact) mass is 1060 g/mol. The first-order valence-electron chi connectivity index (χ1n) is 25.0. The lowest BCUT2D eigenvalue weighted by Gasteiger charge is -2.34. The fraction of sp³-hybridized carbons (Fsp3) is 0.462. The zero-order valence-corrected chi connectivity index (χ0v) is 43.9. The highest BCUT2D eigenvalue weighted by Gasteiger charge is 2.21. The van der Waals surface area contributed by atoms with Crippen LogP contribution in [0.15, 0.2) is 60.9 Å². The second kappa shape index (κ2) is 28.5. The number of nitrogens with zero attached hydrogens (tertiary/aromatic N) is 8. The van der Waals surface area contributed by atoms with Gasteiger partial charge in [-0.25, -0.2) is 33.7 Å². The molecule has 0 bridgehead atoms. The normalized spacial score (nSPS) is 13.2. The number of carbonyl (C=O) groups is 3. The lowest BCUT2D eigenvalue weighted by atomic mass is 10.1. The van der Waals surface area contributed by atoms with Crippen LogP contribution >= 0.6 is 11.3 Å². The van der Waals surface area contributed by atoms with Crippen molar-refractivity contribution in [1.82, 2.24) is 44.6 Å². The Hall–Kier alpha value is -6.44. The van der Waals surface area contributed by atoms with Gasteiger partial charge in [-0.3, -0.25) is 29.5 Å². The molecule has 4 aromatic heterocycles. The SMILES string of the molecule is Cc1nc(NC(=O)c2ccccc2NC(=O)CCOCCOCCOCCOCCOCCNC(=O)CN2CCN(Cc3ccc(Nc4ncc(F)c(-c5cc(F)c6nc(C)n(C(C)C)c6c5)n4)nc3)CC2)sc1C. The second-order valence-electron chi connectivity index (χ2n) is 17.9. The maximum Gasteiger partial charge on any atom is 0.259 e. The number of imidazole rings is 1. The molecule has 4 N–H and O–H groups in total. The minimum absolute atomic E-state index is 0.0294. The molecule has 402 valence electrons. The number of piperazine rings is 1. The molecule has 0 atom stereocenters. The van der Waals surface area contributed by atoms with E-state index < -0.39 is 11.6 Å². The van der Waals surface area contributed by atoms with Crippen molar-refractivity contribution in [3.8, 4) is 11.3 Å². The van der Waals surface area contributed by atoms with E-state index in [0.717, 1.165) is 48.5 Å². The Labute approximate surface area is 438 Å². The van der Waals surface area contributed by atoms with Crippen molar-refractivity contribution in [3.63, 3.8) is 0 Å². The lowest BCUT2D eigenvalue weighted by molar-refractivity contribution is -0.123. The number of anilines is 4. The molecular weight excluding hydrogens is 991 g/mol. The predicted molar refractivity (Wildman–Crippen MR) is 281 cm³/mol. The third-order valence-electron chi connectivity index (χ3n) is 12.0. The first kappa shape index (κ1) is 56.3. The maximum absolute atomic E-state index is 15.1. The molecule has 3 amide bonds. The zero-order chi connectivity index (χ0) is 53.1. The Morgan fingerprint density at radius 1 is 0.720 bits per heavy atom. The van der Waals surface area contributed by atoms with Crippen LogP contribution in [0, 0.1) is 32.4 Å². The number of hydrogen-bond acceptors (Lipinski definition) is 17. The van der Waals surface area contributed by atoms with Crippen molar-refractivity contribution in [2.75, 3.05) is 121 Å². The second-order valence-corrected chi connectivity index (χ2v) is 19.1. The number of nitrogens with one attached hydrogen (secondary N) is 4. The highest BCUT2D eigenvalue weighted by molar-refractivity contribution is 7.15. The standard InChI is InChI=1S/C52H66F2N12O8S/c1-34(2)66-37(5)59-49-41(53)28-39(29-44(49)66)48-42(54)31-57-51(62-48)61-45-11-10-38(30-56-45)32-64-14-16-65(17-15-64)33-47(68)55-13-19-71-21-23-73-25-27-74-26-24-72-22-20-70-18-12-46(67)60-43-9-7-6-8-40(43)50(69)63-52-58-35(3)36(4)75-52/h6-11,28-31,34H,12-27,32-33H2,1-5H3,(H,55,68)(H,60,67)(H,58,63,69)(H,56,57,61,62). The smallest absolute Gasteiger partial charge is 0.259 e. The molecule has 5 heterocycles. The topological polar surface area (TPSA) is 221 Å². The molecule has 2 aromatic carbocycles. The van der Waals surface area contributed by atoms with Gasteiger partial charge in [-0.1, -0.05) is 18.2 Å². The molecule has 0 radical (unpaired) electrons. The summed E-state index contributed by atoms with van der Waals surface area (Å²) in [5, 5.41) is 12.0. The molecular formula is C52H66F2N12O8S. The zero-order valence-electron chi connectivity index (χ0n) is 43.1. The molecule has 7 rings (SSSR count). The quantitative estimate of drug-likeness (QED) is 0.0370. The average Bonchev–Trinajstić information content (AvgIpc) is 3.90. The number of aromatic nitrogens is 6. The summed E-state index contributed by atoms with van der Waals surface area (Å²) in [6.07, 6.45) is 2.94. The van der Waals surface area contributed by atoms with Crippen molar-refractivity contribution < 1.29 is 46.8 Å². The maximum atomic E-state index is 15.1. The van der Waals surface area contributed by atoms with Crippen molar-refractivity contribution in [2.24, 2.45) is 0 Å². The van der Waals surface area contributed by atoms with Crippen LogP contribution < -0.4 is 21.3 Å². The van der Waals surface area contributed by atoms with E-state index in [4.69, 9.17) is 23.7 Å². The van der Waals surface area contributed by atoms with Crippen LogP contribution in [0.25, 0.3) is 22.3 Å². The van der Waals surface area contributed by atoms with Crippen LogP contribution in [0.2, 0.25) is 0 Å². The van der Waals surface area contributed by atoms with E-state index in [9.17, 15) is 14.4 Å². The predicted octanol–water partition coefficient (Wildman–Crippen LogP) is 6.47. The first-order chi connectivity index (χ1) is 36.3. The molecule has 20 nitrogen and oxygen atoms in total. The summed E-state index contributed by atoms with van der Waals surface area (Å²) in [6, 6.07) is 13.5. The summed E-state index contributed by atoms with van der Waals surface area (Å²) in [5.41, 5.74) is 3.66. The van der Waals surface area contributed by atoms with E-state index in [0.29, 0.717) is 113 Å². The van der Waals surface area contributed by atoms with Crippen LogP contribution in [0.5, 0.6) is 0 Å². The minimum atomic E-state index is -0.678. The Morgan fingerprint density at radius 2 is 1.39 bits per heavy atom. The fourth-order valence-corrected chi connectivity index (χ4v) is 8.93. The number of fused-ring (bicyclic) bond motifs is 1. The molecule has 23 heteroatoms. The van der Waals surface area contributed by atoms with Crippen LogP contribution in [-0.4, -0.2) is 162 Å². The molecule has 0 spiro atoms. The van der Waals surface area contributed by atoms with Gasteiger partial charge in [-0.05, 0) is 70.5 Å². The molecule has 75 heavy (non-hydrogen) atoms. The van der Waals surface area contributed by atoms with Crippen molar-refractivity contribution in [1.29, 1.82) is 0 Å². The number of pyridine rings is 1. The largest absolute Gasteiger partial charge is 0.379 e. The first-order valence-corrected chi connectivity index (χ1v) is 25.8. The van der Waals surface area contributed by atoms with Gasteiger partial charge in [0.15, 0.2) is 16.8 Å². The van der Waals surface area contributed by atoms with Crippen molar-refractivity contribution in [3.05, 3.63) is 100 Å². The number of carbonyl (C=O) groups excluding carboxylic acids is 3. The fourth-order valence-electron chi connectivity index (χ4n) is 8.12. The van der Waals surface area contributed by atoms with Gasteiger partial charge in [0.1, 0.15) is 22.9 Å². The number of amides is 3. The Balaban J connectivity index is 0.655. The van der Waals surface area contributed by atoms with Crippen molar-refractivity contribution in [2.45, 2.75) is 53.6 Å². The van der Waals surface area contributed by atoms with Gasteiger partial charge in [0, 0.05) is 61.9 Å². The molecule has 6 aromatic rings. The Morgan fingerprint density at radius 3 is 2.04 bits per heavy atom. The number of hydrogen-bond donors (Lipinski definition) is 4.